The molecule has 0 unspecified atom stereocenters. The zero-order valence-electron chi connectivity index (χ0n) is 7.65. The van der Waals surface area contributed by atoms with Crippen LogP contribution in [0.15, 0.2) is 24.3 Å². The summed E-state index contributed by atoms with van der Waals surface area (Å²) < 4.78 is 8.95. The van der Waals surface area contributed by atoms with Crippen molar-refractivity contribution in [2.75, 3.05) is 13.7 Å². The largest absolute Gasteiger partial charge is 0.466 e. The number of hydrogen-bond donors (Lipinski definition) is 0. The highest BCUT2D eigenvalue weighted by atomic mass is 16.5. The Balaban J connectivity index is 3.57. The van der Waals surface area contributed by atoms with E-state index in [9.17, 15) is 9.59 Å². The summed E-state index contributed by atoms with van der Waals surface area (Å²) >= 11 is 0. The van der Waals surface area contributed by atoms with E-state index in [2.05, 4.69) is 9.47 Å². The molecule has 0 N–H and O–H groups in total. The van der Waals surface area contributed by atoms with Crippen molar-refractivity contribution in [1.29, 1.82) is 0 Å². The molecule has 0 fully saturated rings. The minimum atomic E-state index is -0.419. The van der Waals surface area contributed by atoms with Crippen LogP contribution in [0.3, 0.4) is 0 Å². The molecule has 13 heavy (non-hydrogen) atoms. The maximum atomic E-state index is 10.5. The molecule has 0 heterocycles. The highest BCUT2D eigenvalue weighted by Crippen LogP contribution is 1.82. The maximum Gasteiger partial charge on any atom is 0.330 e. The van der Waals surface area contributed by atoms with Gasteiger partial charge < -0.3 is 9.47 Å². The highest BCUT2D eigenvalue weighted by Gasteiger charge is 1.87. The lowest BCUT2D eigenvalue weighted by atomic mass is 10.4. The second-order valence-electron chi connectivity index (χ2n) is 2.11. The molecule has 72 valence electrons. The number of methoxy groups -OCH3 is 1. The number of carbonyl (C=O) groups is 2. The lowest BCUT2D eigenvalue weighted by Crippen LogP contribution is -1.97. The van der Waals surface area contributed by atoms with Gasteiger partial charge >= 0.3 is 11.9 Å². The number of esters is 2. The van der Waals surface area contributed by atoms with Crippen LogP contribution in [0.5, 0.6) is 0 Å². The Hall–Kier alpha value is -1.58. The summed E-state index contributed by atoms with van der Waals surface area (Å²) in [4.78, 5) is 20.8. The van der Waals surface area contributed by atoms with E-state index in [0.717, 1.165) is 0 Å². The van der Waals surface area contributed by atoms with Crippen molar-refractivity contribution in [3.8, 4) is 0 Å². The van der Waals surface area contributed by atoms with E-state index in [1.165, 1.54) is 26.2 Å². The van der Waals surface area contributed by atoms with Gasteiger partial charge in [-0.05, 0) is 6.08 Å². The molecule has 0 saturated heterocycles. The van der Waals surface area contributed by atoms with Crippen LogP contribution >= 0.6 is 0 Å². The lowest BCUT2D eigenvalue weighted by Gasteiger charge is -1.92. The van der Waals surface area contributed by atoms with Gasteiger partial charge in [-0.1, -0.05) is 12.2 Å². The average Bonchev–Trinajstić information content (AvgIpc) is 2.10. The monoisotopic (exact) mass is 184 g/mol. The summed E-state index contributed by atoms with van der Waals surface area (Å²) in [5.41, 5.74) is 0. The average molecular weight is 184 g/mol. The van der Waals surface area contributed by atoms with Crippen LogP contribution in [0.25, 0.3) is 0 Å². The van der Waals surface area contributed by atoms with Crippen molar-refractivity contribution >= 4 is 11.9 Å². The Morgan fingerprint density at radius 3 is 2.54 bits per heavy atom. The quantitative estimate of drug-likeness (QED) is 0.369. The van der Waals surface area contributed by atoms with E-state index in [4.69, 9.17) is 0 Å². The van der Waals surface area contributed by atoms with Crippen molar-refractivity contribution in [1.82, 2.24) is 0 Å². The van der Waals surface area contributed by atoms with Crippen molar-refractivity contribution < 1.29 is 19.1 Å². The Kier molecular flexibility index (Phi) is 6.23. The highest BCUT2D eigenvalue weighted by molar-refractivity contribution is 5.82. The summed E-state index contributed by atoms with van der Waals surface area (Å²) in [6.45, 7) is 1.54. The summed E-state index contributed by atoms with van der Waals surface area (Å²) in [6.07, 6.45) is 5.99. The van der Waals surface area contributed by atoms with Gasteiger partial charge in [0.2, 0.25) is 0 Å². The van der Waals surface area contributed by atoms with Crippen LogP contribution in [-0.2, 0) is 19.1 Å². The molecular formula is C9H12O4. The van der Waals surface area contributed by atoms with Crippen LogP contribution in [0.4, 0.5) is 0 Å². The van der Waals surface area contributed by atoms with Crippen LogP contribution in [0.1, 0.15) is 6.92 Å². The van der Waals surface area contributed by atoms with Gasteiger partial charge in [-0.3, -0.25) is 4.79 Å². The standard InChI is InChI=1S/C9H12O4/c1-8(10)13-7-5-3-4-6-9(11)12-2/h3-6H,7H2,1-2H3/b5-3+,6-4+. The fourth-order valence-corrected chi connectivity index (χ4v) is 0.502. The van der Waals surface area contributed by atoms with Gasteiger partial charge in [0.25, 0.3) is 0 Å². The van der Waals surface area contributed by atoms with Crippen molar-refractivity contribution in [2.45, 2.75) is 6.92 Å². The summed E-state index contributed by atoms with van der Waals surface area (Å²) in [6, 6.07) is 0. The van der Waals surface area contributed by atoms with Crippen LogP contribution in [0.2, 0.25) is 0 Å². The number of allylic oxidation sites excluding steroid dienone is 2. The third kappa shape index (κ3) is 8.33. The lowest BCUT2D eigenvalue weighted by molar-refractivity contribution is -0.139. The zero-order chi connectivity index (χ0) is 10.1. The first kappa shape index (κ1) is 11.4. The number of rotatable bonds is 4. The molecule has 0 aliphatic heterocycles. The first-order valence-electron chi connectivity index (χ1n) is 3.71. The molecule has 4 heteroatoms. The van der Waals surface area contributed by atoms with E-state index in [0.29, 0.717) is 0 Å². The third-order valence-corrected chi connectivity index (χ3v) is 1.06. The van der Waals surface area contributed by atoms with Crippen molar-refractivity contribution in [3.05, 3.63) is 24.3 Å². The molecular weight excluding hydrogens is 172 g/mol. The van der Waals surface area contributed by atoms with Crippen LogP contribution in [-0.4, -0.2) is 25.7 Å². The molecule has 0 spiro atoms. The Morgan fingerprint density at radius 1 is 1.31 bits per heavy atom. The molecule has 0 bridgehead atoms. The normalized spacial score (nSPS) is 10.6. The smallest absolute Gasteiger partial charge is 0.330 e. The molecule has 0 atom stereocenters. The topological polar surface area (TPSA) is 52.6 Å². The SMILES string of the molecule is COC(=O)/C=C/C=C/COC(C)=O. The maximum absolute atomic E-state index is 10.5. The summed E-state index contributed by atoms with van der Waals surface area (Å²) in [7, 11) is 1.30. The fourth-order valence-electron chi connectivity index (χ4n) is 0.502. The van der Waals surface area contributed by atoms with Crippen molar-refractivity contribution in [3.63, 3.8) is 0 Å². The Bertz CT molecular complexity index is 228. The zero-order valence-corrected chi connectivity index (χ0v) is 7.65. The molecule has 0 saturated carbocycles. The first-order valence-corrected chi connectivity index (χ1v) is 3.71. The summed E-state index contributed by atoms with van der Waals surface area (Å²) in [5.74, 6) is -0.751. The molecule has 4 nitrogen and oxygen atoms in total. The van der Waals surface area contributed by atoms with Gasteiger partial charge in [-0.25, -0.2) is 4.79 Å². The van der Waals surface area contributed by atoms with E-state index in [1.54, 1.807) is 12.2 Å². The Labute approximate surface area is 76.8 Å². The van der Waals surface area contributed by atoms with Crippen molar-refractivity contribution in [2.24, 2.45) is 0 Å². The minimum Gasteiger partial charge on any atom is -0.466 e. The molecule has 0 aromatic rings. The molecule has 0 rings (SSSR count). The van der Waals surface area contributed by atoms with Crippen LogP contribution in [0, 0.1) is 0 Å². The van der Waals surface area contributed by atoms with E-state index < -0.39 is 5.97 Å². The molecule has 0 radical (unpaired) electrons. The number of ether oxygens (including phenoxy) is 2. The van der Waals surface area contributed by atoms with Gasteiger partial charge in [-0.2, -0.15) is 0 Å². The number of hydrogen-bond acceptors (Lipinski definition) is 4. The predicted molar refractivity (Wildman–Crippen MR) is 46.9 cm³/mol. The van der Waals surface area contributed by atoms with E-state index >= 15 is 0 Å². The fraction of sp³-hybridized carbons (Fsp3) is 0.333. The second-order valence-corrected chi connectivity index (χ2v) is 2.11. The van der Waals surface area contributed by atoms with Gasteiger partial charge in [0.05, 0.1) is 7.11 Å². The molecule has 0 aromatic carbocycles. The van der Waals surface area contributed by atoms with Gasteiger partial charge in [-0.15, -0.1) is 0 Å². The molecule has 0 aromatic heterocycles. The molecule has 0 amide bonds. The predicted octanol–water partition coefficient (Wildman–Crippen LogP) is 0.835. The summed E-state index contributed by atoms with van der Waals surface area (Å²) in [5, 5.41) is 0. The second kappa shape index (κ2) is 7.09. The number of carbonyl (C=O) groups excluding carboxylic acids is 2. The van der Waals surface area contributed by atoms with E-state index in [-0.39, 0.29) is 12.6 Å². The van der Waals surface area contributed by atoms with Gasteiger partial charge in [0, 0.05) is 13.0 Å². The molecule has 0 aliphatic rings. The van der Waals surface area contributed by atoms with Crippen LogP contribution < -0.4 is 0 Å². The van der Waals surface area contributed by atoms with Gasteiger partial charge in [0.15, 0.2) is 0 Å². The first-order chi connectivity index (χ1) is 6.16. The third-order valence-electron chi connectivity index (χ3n) is 1.06. The Morgan fingerprint density at radius 2 is 2.00 bits per heavy atom. The van der Waals surface area contributed by atoms with Gasteiger partial charge in [0.1, 0.15) is 6.61 Å². The van der Waals surface area contributed by atoms with E-state index in [1.807, 2.05) is 0 Å². The molecule has 0 aliphatic carbocycles. The minimum absolute atomic E-state index is 0.209.